The predicted octanol–water partition coefficient (Wildman–Crippen LogP) is 4.82. The van der Waals surface area contributed by atoms with E-state index >= 15 is 0 Å². The average Bonchev–Trinajstić information content (AvgIpc) is 3.70. The van der Waals surface area contributed by atoms with Crippen LogP contribution < -0.4 is 16.0 Å². The van der Waals surface area contributed by atoms with Crippen molar-refractivity contribution in [2.24, 2.45) is 0 Å². The first kappa shape index (κ1) is 38.4. The second-order valence-electron chi connectivity index (χ2n) is 13.0. The molecule has 52 heavy (non-hydrogen) atoms. The molecule has 3 N–H and O–H groups in total. The molecule has 0 unspecified atom stereocenters. The third-order valence-corrected chi connectivity index (χ3v) is 9.71. The zero-order valence-corrected chi connectivity index (χ0v) is 30.5. The number of thiazole rings is 1. The Morgan fingerprint density at radius 2 is 1.48 bits per heavy atom. The Hall–Kier alpha value is -4.85. The Morgan fingerprint density at radius 3 is 2.10 bits per heavy atom. The van der Waals surface area contributed by atoms with Crippen LogP contribution in [0.1, 0.15) is 40.8 Å². The molecule has 0 bridgehead atoms. The molecular weight excluding hydrogens is 679 g/mol. The molecule has 1 aliphatic rings. The van der Waals surface area contributed by atoms with Crippen LogP contribution in [-0.4, -0.2) is 95.8 Å². The van der Waals surface area contributed by atoms with Crippen LogP contribution in [0, 0.1) is 0 Å². The molecule has 13 heteroatoms. The highest BCUT2D eigenvalue weighted by atomic mass is 32.1. The van der Waals surface area contributed by atoms with Crippen LogP contribution in [0.15, 0.2) is 96.9 Å². The number of nitrogens with zero attached hydrogens (tertiary/aromatic N) is 4. The van der Waals surface area contributed by atoms with E-state index in [9.17, 15) is 14.4 Å². The first-order valence-electron chi connectivity index (χ1n) is 17.8. The topological polar surface area (TPSA) is 138 Å². The fourth-order valence-corrected chi connectivity index (χ4v) is 6.62. The number of hydrogen-bond acceptors (Lipinski definition) is 9. The van der Waals surface area contributed by atoms with Gasteiger partial charge in [0.15, 0.2) is 0 Å². The Bertz CT molecular complexity index is 1630. The number of morpholine rings is 1. The van der Waals surface area contributed by atoms with Crippen molar-refractivity contribution in [3.05, 3.63) is 118 Å². The molecule has 2 aromatic heterocycles. The summed E-state index contributed by atoms with van der Waals surface area (Å²) in [5, 5.41) is 9.37. The Kier molecular flexibility index (Phi) is 15.4. The lowest BCUT2D eigenvalue weighted by molar-refractivity contribution is -0.124. The first-order valence-corrected chi connectivity index (χ1v) is 18.7. The molecule has 1 fully saturated rings. The summed E-state index contributed by atoms with van der Waals surface area (Å²) < 4.78 is 11.0. The van der Waals surface area contributed by atoms with Gasteiger partial charge in [0.25, 0.3) is 0 Å². The molecule has 1 aliphatic heterocycles. The molecule has 3 atom stereocenters. The summed E-state index contributed by atoms with van der Waals surface area (Å²) in [6.07, 6.45) is 7.40. The van der Waals surface area contributed by atoms with Crippen LogP contribution in [0.4, 0.5) is 9.59 Å². The van der Waals surface area contributed by atoms with Gasteiger partial charge in [-0.2, -0.15) is 0 Å². The van der Waals surface area contributed by atoms with Crippen LogP contribution in [0.3, 0.4) is 0 Å². The summed E-state index contributed by atoms with van der Waals surface area (Å²) in [5.41, 5.74) is 4.76. The molecule has 0 spiro atoms. The van der Waals surface area contributed by atoms with E-state index in [2.05, 4.69) is 30.8 Å². The Labute approximate surface area is 309 Å². The van der Waals surface area contributed by atoms with Gasteiger partial charge < -0.3 is 30.3 Å². The Balaban J connectivity index is 1.28. The highest BCUT2D eigenvalue weighted by molar-refractivity contribution is 7.09. The molecule has 276 valence electrons. The van der Waals surface area contributed by atoms with Crippen LogP contribution in [0.5, 0.6) is 0 Å². The molecule has 2 aromatic carbocycles. The zero-order chi connectivity index (χ0) is 36.4. The predicted molar refractivity (Wildman–Crippen MR) is 201 cm³/mol. The number of pyridine rings is 1. The highest BCUT2D eigenvalue weighted by Gasteiger charge is 2.27. The fraction of sp³-hybridized carbons (Fsp3) is 0.410. The van der Waals surface area contributed by atoms with E-state index in [1.165, 1.54) is 11.3 Å². The van der Waals surface area contributed by atoms with Crippen molar-refractivity contribution in [3.8, 4) is 0 Å². The van der Waals surface area contributed by atoms with Crippen molar-refractivity contribution < 1.29 is 23.9 Å². The van der Waals surface area contributed by atoms with Crippen molar-refractivity contribution >= 4 is 29.4 Å². The minimum Gasteiger partial charge on any atom is -0.444 e. The molecular formula is C39H49N7O5S. The van der Waals surface area contributed by atoms with Gasteiger partial charge in [-0.15, -0.1) is 11.3 Å². The molecule has 0 aliphatic carbocycles. The summed E-state index contributed by atoms with van der Waals surface area (Å²) >= 11 is 1.43. The summed E-state index contributed by atoms with van der Waals surface area (Å²) in [4.78, 5) is 53.4. The lowest BCUT2D eigenvalue weighted by atomic mass is 9.95. The van der Waals surface area contributed by atoms with Gasteiger partial charge in [0, 0.05) is 63.9 Å². The number of aromatic nitrogens is 2. The lowest BCUT2D eigenvalue weighted by Crippen LogP contribution is -2.54. The standard InChI is InChI=1S/C39H49N7O5S/c1-45(27-32-13-8-17-40-25-32)38(48)44-36(16-18-46-19-21-50-22-20-46)37(47)42-33(23-30-9-4-2-5-10-30)14-15-34(24-31-11-6-3-7-12-31)43-39(49)51-28-35-26-41-29-52-35/h2-13,17,25-26,29,33-34,36H,14-16,18-24,27-28H2,1H3,(H,42,47)(H,43,49)(H,44,48)/t33-,34-,36+/m1/s1. The number of nitrogens with one attached hydrogen (secondary N) is 3. The van der Waals surface area contributed by atoms with Gasteiger partial charge in [-0.3, -0.25) is 19.7 Å². The number of hydrogen-bond donors (Lipinski definition) is 3. The maximum atomic E-state index is 14.2. The number of amides is 4. The van der Waals surface area contributed by atoms with Crippen LogP contribution in [-0.2, 0) is 40.3 Å². The van der Waals surface area contributed by atoms with Gasteiger partial charge >= 0.3 is 12.1 Å². The van der Waals surface area contributed by atoms with Gasteiger partial charge in [0.2, 0.25) is 5.91 Å². The number of alkyl carbamates (subject to hydrolysis) is 1. The zero-order valence-electron chi connectivity index (χ0n) is 29.7. The molecule has 4 aromatic rings. The number of carbonyl (C=O) groups excluding carboxylic acids is 3. The second-order valence-corrected chi connectivity index (χ2v) is 14.0. The van der Waals surface area contributed by atoms with E-state index in [1.807, 2.05) is 72.8 Å². The molecule has 0 radical (unpaired) electrons. The number of urea groups is 1. The highest BCUT2D eigenvalue weighted by Crippen LogP contribution is 2.15. The smallest absolute Gasteiger partial charge is 0.407 e. The van der Waals surface area contributed by atoms with Crippen molar-refractivity contribution in [2.45, 2.75) is 63.4 Å². The summed E-state index contributed by atoms with van der Waals surface area (Å²) in [6.45, 7) is 4.00. The molecule has 3 heterocycles. The number of ether oxygens (including phenoxy) is 2. The molecule has 1 saturated heterocycles. The monoisotopic (exact) mass is 727 g/mol. The fourth-order valence-electron chi connectivity index (χ4n) is 6.11. The van der Waals surface area contributed by atoms with Crippen molar-refractivity contribution in [3.63, 3.8) is 0 Å². The van der Waals surface area contributed by atoms with E-state index in [4.69, 9.17) is 9.47 Å². The molecule has 0 saturated carbocycles. The first-order chi connectivity index (χ1) is 25.4. The van der Waals surface area contributed by atoms with E-state index in [1.54, 1.807) is 36.0 Å². The van der Waals surface area contributed by atoms with Crippen molar-refractivity contribution in [2.75, 3.05) is 39.9 Å². The molecule has 4 amide bonds. The molecule has 5 rings (SSSR count). The van der Waals surface area contributed by atoms with Crippen LogP contribution >= 0.6 is 11.3 Å². The molecule has 12 nitrogen and oxygen atoms in total. The largest absolute Gasteiger partial charge is 0.444 e. The van der Waals surface area contributed by atoms with Gasteiger partial charge in [-0.25, -0.2) is 9.59 Å². The maximum absolute atomic E-state index is 14.2. The van der Waals surface area contributed by atoms with Gasteiger partial charge in [0.1, 0.15) is 12.6 Å². The maximum Gasteiger partial charge on any atom is 0.407 e. The van der Waals surface area contributed by atoms with E-state index in [0.29, 0.717) is 58.4 Å². The summed E-state index contributed by atoms with van der Waals surface area (Å²) in [5.74, 6) is -0.242. The second kappa shape index (κ2) is 20.9. The summed E-state index contributed by atoms with van der Waals surface area (Å²) in [7, 11) is 1.71. The quantitative estimate of drug-likeness (QED) is 0.133. The van der Waals surface area contributed by atoms with Crippen LogP contribution in [0.2, 0.25) is 0 Å². The minimum absolute atomic E-state index is 0.149. The van der Waals surface area contributed by atoms with Crippen LogP contribution in [0.25, 0.3) is 0 Å². The summed E-state index contributed by atoms with van der Waals surface area (Å²) in [6, 6.07) is 22.1. The number of benzene rings is 2. The number of carbonyl (C=O) groups is 3. The number of rotatable bonds is 18. The third-order valence-electron chi connectivity index (χ3n) is 8.95. The van der Waals surface area contributed by atoms with Crippen molar-refractivity contribution in [1.29, 1.82) is 0 Å². The normalized spacial score (nSPS) is 14.8. The minimum atomic E-state index is -0.759. The average molecular weight is 728 g/mol. The Morgan fingerprint density at radius 1 is 0.827 bits per heavy atom. The van der Waals surface area contributed by atoms with Crippen molar-refractivity contribution in [1.82, 2.24) is 35.7 Å². The van der Waals surface area contributed by atoms with E-state index in [-0.39, 0.29) is 30.6 Å². The SMILES string of the molecule is CN(Cc1cccnc1)C(=O)N[C@@H](CCN1CCOCC1)C(=O)N[C@H](CC[C@H](Cc1ccccc1)NC(=O)OCc1cncs1)Cc1ccccc1. The third kappa shape index (κ3) is 13.4. The van der Waals surface area contributed by atoms with Gasteiger partial charge in [0.05, 0.1) is 23.6 Å². The van der Waals surface area contributed by atoms with Gasteiger partial charge in [-0.1, -0.05) is 66.7 Å². The lowest BCUT2D eigenvalue weighted by Gasteiger charge is -2.30. The van der Waals surface area contributed by atoms with Gasteiger partial charge in [-0.05, 0) is 54.9 Å². The van der Waals surface area contributed by atoms with E-state index in [0.717, 1.165) is 34.7 Å². The van der Waals surface area contributed by atoms with E-state index < -0.39 is 12.1 Å².